The molecular weight excluding hydrogens is 260 g/mol. The van der Waals surface area contributed by atoms with Gasteiger partial charge in [0.15, 0.2) is 5.75 Å². The van der Waals surface area contributed by atoms with Gasteiger partial charge in [-0.25, -0.2) is 9.59 Å². The van der Waals surface area contributed by atoms with E-state index in [1.165, 1.54) is 11.0 Å². The number of carbonyl (C=O) groups is 2. The highest BCUT2D eigenvalue weighted by Crippen LogP contribution is 2.34. The second-order valence-electron chi connectivity index (χ2n) is 4.30. The van der Waals surface area contributed by atoms with Gasteiger partial charge >= 0.3 is 12.0 Å². The van der Waals surface area contributed by atoms with Crippen molar-refractivity contribution < 1.29 is 19.4 Å². The summed E-state index contributed by atoms with van der Waals surface area (Å²) < 4.78 is 5.38. The number of carboxylic acids is 1. The van der Waals surface area contributed by atoms with Crippen molar-refractivity contribution in [3.63, 3.8) is 0 Å². The average Bonchev–Trinajstić information content (AvgIpc) is 2.45. The van der Waals surface area contributed by atoms with Crippen molar-refractivity contribution in [2.75, 3.05) is 18.1 Å². The molecule has 6 heteroatoms. The van der Waals surface area contributed by atoms with Crippen molar-refractivity contribution in [2.45, 2.75) is 13.0 Å². The zero-order chi connectivity index (χ0) is 14.7. The van der Waals surface area contributed by atoms with Crippen LogP contribution in [0.3, 0.4) is 0 Å². The maximum Gasteiger partial charge on any atom is 0.339 e. The maximum absolute atomic E-state index is 12.1. The van der Waals surface area contributed by atoms with Gasteiger partial charge in [-0.05, 0) is 19.1 Å². The SMILES string of the molecule is C#CC(C)NC(=O)N1CCOc2c(C(=O)O)cccc21. The van der Waals surface area contributed by atoms with E-state index >= 15 is 0 Å². The standard InChI is InChI=1S/C14H14N2O4/c1-3-9(2)15-14(19)16-7-8-20-12-10(13(17)18)5-4-6-11(12)16/h1,4-6,9H,7-8H2,2H3,(H,15,19)(H,17,18). The van der Waals surface area contributed by atoms with Crippen LogP contribution in [0.2, 0.25) is 0 Å². The van der Waals surface area contributed by atoms with E-state index in [4.69, 9.17) is 16.3 Å². The lowest BCUT2D eigenvalue weighted by Crippen LogP contribution is -2.47. The summed E-state index contributed by atoms with van der Waals surface area (Å²) in [6, 6.07) is 3.87. The molecule has 0 aromatic heterocycles. The summed E-state index contributed by atoms with van der Waals surface area (Å²) in [5.74, 6) is 1.51. The Labute approximate surface area is 116 Å². The van der Waals surface area contributed by atoms with Crippen LogP contribution >= 0.6 is 0 Å². The molecule has 1 aromatic rings. The Balaban J connectivity index is 2.34. The molecule has 2 N–H and O–H groups in total. The van der Waals surface area contributed by atoms with Gasteiger partial charge < -0.3 is 15.2 Å². The molecule has 6 nitrogen and oxygen atoms in total. The number of urea groups is 1. The largest absolute Gasteiger partial charge is 0.489 e. The first kappa shape index (κ1) is 13.7. The van der Waals surface area contributed by atoms with Gasteiger partial charge in [-0.15, -0.1) is 6.42 Å². The molecule has 0 bridgehead atoms. The number of terminal acetylenes is 1. The molecule has 0 fully saturated rings. The predicted octanol–water partition coefficient (Wildman–Crippen LogP) is 1.31. The van der Waals surface area contributed by atoms with E-state index in [0.29, 0.717) is 12.2 Å². The van der Waals surface area contributed by atoms with Gasteiger partial charge in [0.05, 0.1) is 18.3 Å². The van der Waals surface area contributed by atoms with Crippen molar-refractivity contribution in [1.82, 2.24) is 5.32 Å². The van der Waals surface area contributed by atoms with Crippen LogP contribution in [0, 0.1) is 12.3 Å². The van der Waals surface area contributed by atoms with Crippen LogP contribution in [0.15, 0.2) is 18.2 Å². The molecular formula is C14H14N2O4. The fourth-order valence-electron chi connectivity index (χ4n) is 1.93. The fraction of sp³-hybridized carbons (Fsp3) is 0.286. The number of nitrogens with zero attached hydrogens (tertiary/aromatic N) is 1. The topological polar surface area (TPSA) is 78.9 Å². The molecule has 0 aliphatic carbocycles. The normalized spacial score (nSPS) is 14.5. The number of nitrogens with one attached hydrogen (secondary N) is 1. The first-order valence-corrected chi connectivity index (χ1v) is 6.08. The van der Waals surface area contributed by atoms with E-state index in [0.717, 1.165) is 0 Å². The van der Waals surface area contributed by atoms with E-state index in [9.17, 15) is 9.59 Å². The van der Waals surface area contributed by atoms with E-state index in [-0.39, 0.29) is 24.0 Å². The molecule has 0 radical (unpaired) electrons. The van der Waals surface area contributed by atoms with Crippen LogP contribution in [-0.4, -0.2) is 36.3 Å². The second-order valence-corrected chi connectivity index (χ2v) is 4.30. The van der Waals surface area contributed by atoms with Gasteiger partial charge in [-0.2, -0.15) is 0 Å². The minimum Gasteiger partial charge on any atom is -0.489 e. The first-order chi connectivity index (χ1) is 9.54. The summed E-state index contributed by atoms with van der Waals surface area (Å²) in [5, 5.41) is 11.8. The van der Waals surface area contributed by atoms with E-state index < -0.39 is 12.0 Å². The summed E-state index contributed by atoms with van der Waals surface area (Å²) in [6.07, 6.45) is 5.22. The molecule has 0 saturated heterocycles. The van der Waals surface area contributed by atoms with Crippen molar-refractivity contribution in [2.24, 2.45) is 0 Å². The lowest BCUT2D eigenvalue weighted by molar-refractivity contribution is 0.0692. The quantitative estimate of drug-likeness (QED) is 0.797. The molecule has 20 heavy (non-hydrogen) atoms. The van der Waals surface area contributed by atoms with Crippen LogP contribution in [-0.2, 0) is 0 Å². The molecule has 2 amide bonds. The van der Waals surface area contributed by atoms with Crippen molar-refractivity contribution >= 4 is 17.7 Å². The molecule has 1 aliphatic rings. The van der Waals surface area contributed by atoms with E-state index in [2.05, 4.69) is 11.2 Å². The number of fused-ring (bicyclic) bond motifs is 1. The monoisotopic (exact) mass is 274 g/mol. The molecule has 1 atom stereocenters. The molecule has 0 spiro atoms. The van der Waals surface area contributed by atoms with Gasteiger partial charge in [-0.1, -0.05) is 12.0 Å². The molecule has 1 aromatic carbocycles. The third-order valence-electron chi connectivity index (χ3n) is 2.91. The highest BCUT2D eigenvalue weighted by atomic mass is 16.5. The molecule has 1 aliphatic heterocycles. The van der Waals surface area contributed by atoms with Crippen LogP contribution in [0.25, 0.3) is 0 Å². The lowest BCUT2D eigenvalue weighted by atomic mass is 10.1. The number of hydrogen-bond donors (Lipinski definition) is 2. The summed E-state index contributed by atoms with van der Waals surface area (Å²) in [4.78, 5) is 24.7. The Morgan fingerprint density at radius 3 is 2.95 bits per heavy atom. The number of rotatable bonds is 2. The number of carboxylic acid groups (broad SMARTS) is 1. The summed E-state index contributed by atoms with van der Waals surface area (Å²) in [5.41, 5.74) is 0.461. The average molecular weight is 274 g/mol. The highest BCUT2D eigenvalue weighted by Gasteiger charge is 2.27. The summed E-state index contributed by atoms with van der Waals surface area (Å²) in [7, 11) is 0. The Morgan fingerprint density at radius 2 is 2.30 bits per heavy atom. The van der Waals surface area contributed by atoms with Crippen molar-refractivity contribution in [3.8, 4) is 18.1 Å². The third-order valence-corrected chi connectivity index (χ3v) is 2.91. The van der Waals surface area contributed by atoms with Gasteiger partial charge in [0.1, 0.15) is 12.2 Å². The smallest absolute Gasteiger partial charge is 0.339 e. The van der Waals surface area contributed by atoms with Crippen LogP contribution in [0.5, 0.6) is 5.75 Å². The Bertz CT molecular complexity index is 591. The Hall–Kier alpha value is -2.68. The number of hydrogen-bond acceptors (Lipinski definition) is 3. The molecule has 0 saturated carbocycles. The number of ether oxygens (including phenoxy) is 1. The zero-order valence-electron chi connectivity index (χ0n) is 10.9. The number of aromatic carboxylic acids is 1. The number of amides is 2. The van der Waals surface area contributed by atoms with Crippen LogP contribution in [0.1, 0.15) is 17.3 Å². The van der Waals surface area contributed by atoms with Crippen molar-refractivity contribution in [1.29, 1.82) is 0 Å². The van der Waals surface area contributed by atoms with Crippen molar-refractivity contribution in [3.05, 3.63) is 23.8 Å². The Morgan fingerprint density at radius 1 is 1.55 bits per heavy atom. The number of benzene rings is 1. The minimum absolute atomic E-state index is 0.0324. The van der Waals surface area contributed by atoms with Gasteiger partial charge in [0, 0.05) is 0 Å². The van der Waals surface area contributed by atoms with E-state index in [1.54, 1.807) is 19.1 Å². The number of para-hydroxylation sites is 1. The highest BCUT2D eigenvalue weighted by molar-refractivity contribution is 5.99. The van der Waals surface area contributed by atoms with Crippen LogP contribution in [0.4, 0.5) is 10.5 Å². The predicted molar refractivity (Wildman–Crippen MR) is 73.1 cm³/mol. The van der Waals surface area contributed by atoms with Crippen LogP contribution < -0.4 is 15.0 Å². The van der Waals surface area contributed by atoms with Gasteiger partial charge in [0.25, 0.3) is 0 Å². The van der Waals surface area contributed by atoms with Gasteiger partial charge in [-0.3, -0.25) is 4.90 Å². The third kappa shape index (κ3) is 2.52. The Kier molecular flexibility index (Phi) is 3.80. The molecule has 2 rings (SSSR count). The second kappa shape index (κ2) is 5.53. The molecule has 104 valence electrons. The lowest BCUT2D eigenvalue weighted by Gasteiger charge is -2.30. The summed E-state index contributed by atoms with van der Waals surface area (Å²) in [6.45, 7) is 2.25. The number of carbonyl (C=O) groups excluding carboxylic acids is 1. The maximum atomic E-state index is 12.1. The fourth-order valence-corrected chi connectivity index (χ4v) is 1.93. The zero-order valence-corrected chi connectivity index (χ0v) is 10.9. The molecule has 1 unspecified atom stereocenters. The van der Waals surface area contributed by atoms with Gasteiger partial charge in [0.2, 0.25) is 0 Å². The van der Waals surface area contributed by atoms with E-state index in [1.807, 2.05) is 0 Å². The summed E-state index contributed by atoms with van der Waals surface area (Å²) >= 11 is 0. The number of anilines is 1. The first-order valence-electron chi connectivity index (χ1n) is 6.08. The minimum atomic E-state index is -1.10. The molecule has 1 heterocycles.